The SMILES string of the molecule is CCC[C@@H](C)NC(=O)CN1CCN(S(=O)(=O)N2CCOCC2)CC1. The number of nitrogens with zero attached hydrogens (tertiary/aromatic N) is 3. The predicted molar refractivity (Wildman–Crippen MR) is 91.8 cm³/mol. The zero-order valence-electron chi connectivity index (χ0n) is 14.7. The molecule has 0 aromatic rings. The Bertz CT molecular complexity index is 500. The van der Waals surface area contributed by atoms with Gasteiger partial charge in [-0.15, -0.1) is 0 Å². The van der Waals surface area contributed by atoms with Gasteiger partial charge in [0.2, 0.25) is 5.91 Å². The quantitative estimate of drug-likeness (QED) is 0.659. The van der Waals surface area contributed by atoms with E-state index in [0.717, 1.165) is 12.8 Å². The minimum atomic E-state index is -3.40. The zero-order valence-corrected chi connectivity index (χ0v) is 15.6. The number of carbonyl (C=O) groups excluding carboxylic acids is 1. The van der Waals surface area contributed by atoms with E-state index in [9.17, 15) is 13.2 Å². The molecule has 2 aliphatic rings. The Morgan fingerprint density at radius 3 is 2.25 bits per heavy atom. The van der Waals surface area contributed by atoms with E-state index in [1.165, 1.54) is 8.61 Å². The summed E-state index contributed by atoms with van der Waals surface area (Å²) in [5, 5.41) is 2.99. The van der Waals surface area contributed by atoms with E-state index in [1.807, 2.05) is 11.8 Å². The maximum absolute atomic E-state index is 12.6. The maximum atomic E-state index is 12.6. The monoisotopic (exact) mass is 362 g/mol. The summed E-state index contributed by atoms with van der Waals surface area (Å²) in [4.78, 5) is 14.0. The van der Waals surface area contributed by atoms with Crippen LogP contribution in [0, 0.1) is 0 Å². The smallest absolute Gasteiger partial charge is 0.282 e. The molecule has 2 rings (SSSR count). The van der Waals surface area contributed by atoms with E-state index < -0.39 is 10.2 Å². The number of ether oxygens (including phenoxy) is 1. The molecule has 9 heteroatoms. The largest absolute Gasteiger partial charge is 0.379 e. The van der Waals surface area contributed by atoms with Crippen molar-refractivity contribution in [1.82, 2.24) is 18.8 Å². The summed E-state index contributed by atoms with van der Waals surface area (Å²) in [6, 6.07) is 0.186. The molecule has 2 aliphatic heterocycles. The average molecular weight is 362 g/mol. The number of morpholine rings is 1. The van der Waals surface area contributed by atoms with Gasteiger partial charge in [0.1, 0.15) is 0 Å². The normalized spacial score (nSPS) is 23.1. The molecule has 0 aliphatic carbocycles. The summed E-state index contributed by atoms with van der Waals surface area (Å²) in [5.74, 6) is 0.0143. The van der Waals surface area contributed by atoms with Crippen molar-refractivity contribution in [3.63, 3.8) is 0 Å². The number of amides is 1. The molecule has 0 bridgehead atoms. The lowest BCUT2D eigenvalue weighted by molar-refractivity contribution is -0.123. The molecule has 0 aromatic heterocycles. The van der Waals surface area contributed by atoms with E-state index in [2.05, 4.69) is 12.2 Å². The number of carbonyl (C=O) groups is 1. The number of hydrogen-bond acceptors (Lipinski definition) is 5. The summed E-state index contributed by atoms with van der Waals surface area (Å²) in [5.41, 5.74) is 0. The van der Waals surface area contributed by atoms with Crippen LogP contribution >= 0.6 is 0 Å². The van der Waals surface area contributed by atoms with Crippen molar-refractivity contribution in [1.29, 1.82) is 0 Å². The molecule has 140 valence electrons. The molecular formula is C15H30N4O4S. The molecule has 2 saturated heterocycles. The third-order valence-electron chi connectivity index (χ3n) is 4.45. The van der Waals surface area contributed by atoms with Crippen molar-refractivity contribution >= 4 is 16.1 Å². The van der Waals surface area contributed by atoms with Crippen molar-refractivity contribution in [2.24, 2.45) is 0 Å². The molecule has 2 fully saturated rings. The second-order valence-corrected chi connectivity index (χ2v) is 8.38. The van der Waals surface area contributed by atoms with Gasteiger partial charge in [-0.25, -0.2) is 0 Å². The summed E-state index contributed by atoms with van der Waals surface area (Å²) in [7, 11) is -3.40. The van der Waals surface area contributed by atoms with Gasteiger partial charge in [-0.1, -0.05) is 13.3 Å². The van der Waals surface area contributed by atoms with Crippen LogP contribution in [-0.4, -0.2) is 92.9 Å². The zero-order chi connectivity index (χ0) is 17.6. The van der Waals surface area contributed by atoms with Crippen molar-refractivity contribution in [3.8, 4) is 0 Å². The lowest BCUT2D eigenvalue weighted by Crippen LogP contribution is -2.56. The molecule has 0 unspecified atom stereocenters. The Labute approximate surface area is 145 Å². The van der Waals surface area contributed by atoms with Gasteiger partial charge in [0, 0.05) is 45.3 Å². The van der Waals surface area contributed by atoms with Gasteiger partial charge in [0.25, 0.3) is 10.2 Å². The molecule has 1 amide bonds. The number of nitrogens with one attached hydrogen (secondary N) is 1. The lowest BCUT2D eigenvalue weighted by Gasteiger charge is -2.37. The second kappa shape index (κ2) is 9.10. The fraction of sp³-hybridized carbons (Fsp3) is 0.933. The molecule has 0 aromatic carbocycles. The standard InChI is InChI=1S/C15H30N4O4S/c1-3-4-14(2)16-15(20)13-17-5-7-18(8-6-17)24(21,22)19-9-11-23-12-10-19/h14H,3-13H2,1-2H3,(H,16,20)/t14-/m1/s1. The number of rotatable bonds is 7. The molecule has 1 N–H and O–H groups in total. The van der Waals surface area contributed by atoms with Crippen LogP contribution in [-0.2, 0) is 19.7 Å². The van der Waals surface area contributed by atoms with E-state index in [0.29, 0.717) is 59.0 Å². The Balaban J connectivity index is 1.77. The minimum Gasteiger partial charge on any atom is -0.379 e. The van der Waals surface area contributed by atoms with Gasteiger partial charge in [0.15, 0.2) is 0 Å². The van der Waals surface area contributed by atoms with Crippen LogP contribution in [0.3, 0.4) is 0 Å². The first-order valence-corrected chi connectivity index (χ1v) is 10.2. The highest BCUT2D eigenvalue weighted by Crippen LogP contribution is 2.13. The van der Waals surface area contributed by atoms with Crippen LogP contribution in [0.1, 0.15) is 26.7 Å². The van der Waals surface area contributed by atoms with Crippen LogP contribution in [0.4, 0.5) is 0 Å². The maximum Gasteiger partial charge on any atom is 0.282 e. The molecule has 0 saturated carbocycles. The molecule has 0 spiro atoms. The Hall–Kier alpha value is -0.740. The summed E-state index contributed by atoms with van der Waals surface area (Å²) in [6.45, 7) is 8.20. The molecule has 2 heterocycles. The second-order valence-electron chi connectivity index (χ2n) is 6.45. The van der Waals surface area contributed by atoms with Crippen LogP contribution < -0.4 is 5.32 Å². The highest BCUT2D eigenvalue weighted by atomic mass is 32.2. The third-order valence-corrected chi connectivity index (χ3v) is 6.49. The first-order chi connectivity index (χ1) is 11.4. The number of piperazine rings is 1. The van der Waals surface area contributed by atoms with Gasteiger partial charge in [0.05, 0.1) is 19.8 Å². The predicted octanol–water partition coefficient (Wildman–Crippen LogP) is -0.514. The Morgan fingerprint density at radius 2 is 1.67 bits per heavy atom. The van der Waals surface area contributed by atoms with E-state index in [-0.39, 0.29) is 11.9 Å². The fourth-order valence-corrected chi connectivity index (χ4v) is 4.65. The Morgan fingerprint density at radius 1 is 1.08 bits per heavy atom. The van der Waals surface area contributed by atoms with E-state index in [4.69, 9.17) is 4.74 Å². The third kappa shape index (κ3) is 5.38. The highest BCUT2D eigenvalue weighted by molar-refractivity contribution is 7.86. The van der Waals surface area contributed by atoms with E-state index >= 15 is 0 Å². The van der Waals surface area contributed by atoms with Crippen molar-refractivity contribution < 1.29 is 17.9 Å². The summed E-state index contributed by atoms with van der Waals surface area (Å²) < 4.78 is 33.4. The van der Waals surface area contributed by atoms with Crippen LogP contribution in [0.5, 0.6) is 0 Å². The van der Waals surface area contributed by atoms with E-state index in [1.54, 1.807) is 0 Å². The van der Waals surface area contributed by atoms with Gasteiger partial charge in [-0.05, 0) is 13.3 Å². The van der Waals surface area contributed by atoms with Crippen molar-refractivity contribution in [3.05, 3.63) is 0 Å². The number of hydrogen-bond donors (Lipinski definition) is 1. The molecule has 24 heavy (non-hydrogen) atoms. The summed E-state index contributed by atoms with van der Waals surface area (Å²) >= 11 is 0. The average Bonchev–Trinajstić information content (AvgIpc) is 2.56. The molecule has 8 nitrogen and oxygen atoms in total. The van der Waals surface area contributed by atoms with Crippen molar-refractivity contribution in [2.75, 3.05) is 59.0 Å². The minimum absolute atomic E-state index is 0.0143. The van der Waals surface area contributed by atoms with Crippen LogP contribution in [0.25, 0.3) is 0 Å². The first-order valence-electron chi connectivity index (χ1n) is 8.78. The molecular weight excluding hydrogens is 332 g/mol. The lowest BCUT2D eigenvalue weighted by atomic mass is 10.2. The van der Waals surface area contributed by atoms with Gasteiger partial charge < -0.3 is 10.1 Å². The topological polar surface area (TPSA) is 82.2 Å². The Kier molecular flexibility index (Phi) is 7.42. The summed E-state index contributed by atoms with van der Waals surface area (Å²) in [6.07, 6.45) is 2.01. The molecule has 1 atom stereocenters. The molecule has 0 radical (unpaired) electrons. The van der Waals surface area contributed by atoms with Gasteiger partial charge in [-0.3, -0.25) is 9.69 Å². The van der Waals surface area contributed by atoms with Crippen LogP contribution in [0.2, 0.25) is 0 Å². The van der Waals surface area contributed by atoms with Crippen molar-refractivity contribution in [2.45, 2.75) is 32.7 Å². The highest BCUT2D eigenvalue weighted by Gasteiger charge is 2.33. The van der Waals surface area contributed by atoms with Crippen LogP contribution in [0.15, 0.2) is 0 Å². The van der Waals surface area contributed by atoms with Gasteiger partial charge in [-0.2, -0.15) is 17.0 Å². The first kappa shape index (κ1) is 19.6. The van der Waals surface area contributed by atoms with Gasteiger partial charge >= 0.3 is 0 Å². The fourth-order valence-electron chi connectivity index (χ4n) is 3.09.